The molecule has 0 amide bonds. The number of anilines is 1. The molecule has 0 unspecified atom stereocenters. The first-order chi connectivity index (χ1) is 4.34. The Bertz CT molecular complexity index is 183. The van der Waals surface area contributed by atoms with Gasteiger partial charge in [0, 0.05) is 7.11 Å². The molecule has 1 aromatic heterocycles. The number of hydrogen-bond acceptors (Lipinski definition) is 3. The second-order valence-corrected chi connectivity index (χ2v) is 1.73. The molecular weight excluding hydrogens is 118 g/mol. The Hall–Kier alpha value is -0.960. The number of ether oxygens (including phenoxy) is 1. The van der Waals surface area contributed by atoms with Crippen molar-refractivity contribution >= 4 is 5.69 Å². The number of hydrogen-bond donors (Lipinski definition) is 1. The van der Waals surface area contributed by atoms with Gasteiger partial charge in [-0.1, -0.05) is 0 Å². The van der Waals surface area contributed by atoms with Gasteiger partial charge in [-0.15, -0.1) is 0 Å². The minimum absolute atomic E-state index is 0.443. The predicted molar refractivity (Wildman–Crippen MR) is 33.8 cm³/mol. The average molecular weight is 127 g/mol. The fourth-order valence-corrected chi connectivity index (χ4v) is 0.599. The van der Waals surface area contributed by atoms with Gasteiger partial charge in [-0.2, -0.15) is 0 Å². The summed E-state index contributed by atoms with van der Waals surface area (Å²) in [7, 11) is 1.60. The summed E-state index contributed by atoms with van der Waals surface area (Å²) in [4.78, 5) is 0. The highest BCUT2D eigenvalue weighted by Crippen LogP contribution is 2.12. The maximum atomic E-state index is 5.45. The molecule has 1 rings (SSSR count). The molecule has 3 heteroatoms. The van der Waals surface area contributed by atoms with E-state index in [4.69, 9.17) is 14.9 Å². The molecule has 0 saturated carbocycles. The summed E-state index contributed by atoms with van der Waals surface area (Å²) in [5.74, 6) is 0.692. The lowest BCUT2D eigenvalue weighted by Gasteiger charge is -1.93. The molecule has 9 heavy (non-hydrogen) atoms. The van der Waals surface area contributed by atoms with Crippen molar-refractivity contribution in [2.24, 2.45) is 0 Å². The Morgan fingerprint density at radius 1 is 1.78 bits per heavy atom. The minimum atomic E-state index is 0.443. The molecule has 0 aromatic carbocycles. The lowest BCUT2D eigenvalue weighted by atomic mass is 10.4. The molecule has 0 radical (unpaired) electrons. The van der Waals surface area contributed by atoms with E-state index >= 15 is 0 Å². The molecule has 0 aliphatic heterocycles. The van der Waals surface area contributed by atoms with Crippen LogP contribution in [0.2, 0.25) is 0 Å². The Kier molecular flexibility index (Phi) is 1.75. The van der Waals surface area contributed by atoms with Gasteiger partial charge >= 0.3 is 0 Å². The summed E-state index contributed by atoms with van der Waals surface area (Å²) < 4.78 is 9.75. The third kappa shape index (κ3) is 1.23. The van der Waals surface area contributed by atoms with Crippen LogP contribution in [0.25, 0.3) is 0 Å². The van der Waals surface area contributed by atoms with E-state index < -0.39 is 0 Å². The first-order valence-corrected chi connectivity index (χ1v) is 2.65. The van der Waals surface area contributed by atoms with Crippen LogP contribution in [0.5, 0.6) is 0 Å². The van der Waals surface area contributed by atoms with Gasteiger partial charge in [0.15, 0.2) is 5.76 Å². The topological polar surface area (TPSA) is 48.4 Å². The Morgan fingerprint density at radius 3 is 3.00 bits per heavy atom. The van der Waals surface area contributed by atoms with Crippen LogP contribution >= 0.6 is 0 Å². The molecule has 0 spiro atoms. The highest BCUT2D eigenvalue weighted by Gasteiger charge is 1.98. The molecule has 0 aliphatic carbocycles. The first kappa shape index (κ1) is 6.16. The molecule has 0 fully saturated rings. The van der Waals surface area contributed by atoms with Crippen molar-refractivity contribution < 1.29 is 9.15 Å². The SMILES string of the molecule is COCc1occc1N. The van der Waals surface area contributed by atoms with Crippen LogP contribution in [0.1, 0.15) is 5.76 Å². The van der Waals surface area contributed by atoms with Gasteiger partial charge in [0.05, 0.1) is 12.0 Å². The van der Waals surface area contributed by atoms with Gasteiger partial charge in [-0.3, -0.25) is 0 Å². The Morgan fingerprint density at radius 2 is 2.56 bits per heavy atom. The van der Waals surface area contributed by atoms with Crippen molar-refractivity contribution in [2.75, 3.05) is 12.8 Å². The second kappa shape index (κ2) is 2.55. The number of furan rings is 1. The molecule has 0 bridgehead atoms. The normalized spacial score (nSPS) is 9.89. The molecular formula is C6H9NO2. The highest BCUT2D eigenvalue weighted by atomic mass is 16.5. The van der Waals surface area contributed by atoms with Crippen LogP contribution in [-0.2, 0) is 11.3 Å². The molecule has 1 aromatic rings. The lowest BCUT2D eigenvalue weighted by molar-refractivity contribution is 0.165. The van der Waals surface area contributed by atoms with Gasteiger partial charge in [0.25, 0.3) is 0 Å². The zero-order valence-electron chi connectivity index (χ0n) is 5.26. The van der Waals surface area contributed by atoms with Crippen LogP contribution in [0.15, 0.2) is 16.7 Å². The smallest absolute Gasteiger partial charge is 0.152 e. The van der Waals surface area contributed by atoms with E-state index in [0.29, 0.717) is 18.1 Å². The summed E-state index contributed by atoms with van der Waals surface area (Å²) in [6.07, 6.45) is 1.55. The number of nitrogens with two attached hydrogens (primary N) is 1. The standard InChI is InChI=1S/C6H9NO2/c1-8-4-6-5(7)2-3-9-6/h2-3H,4,7H2,1H3. The van der Waals surface area contributed by atoms with Crippen LogP contribution < -0.4 is 5.73 Å². The summed E-state index contributed by atoms with van der Waals surface area (Å²) in [6, 6.07) is 1.70. The van der Waals surface area contributed by atoms with Crippen molar-refractivity contribution in [3.05, 3.63) is 18.1 Å². The van der Waals surface area contributed by atoms with E-state index in [1.54, 1.807) is 19.4 Å². The van der Waals surface area contributed by atoms with Crippen LogP contribution in [0.4, 0.5) is 5.69 Å². The summed E-state index contributed by atoms with van der Waals surface area (Å²) in [5, 5.41) is 0. The van der Waals surface area contributed by atoms with Crippen molar-refractivity contribution in [2.45, 2.75) is 6.61 Å². The Balaban J connectivity index is 2.69. The van der Waals surface area contributed by atoms with Gasteiger partial charge in [-0.25, -0.2) is 0 Å². The third-order valence-electron chi connectivity index (χ3n) is 1.06. The quantitative estimate of drug-likeness (QED) is 0.644. The van der Waals surface area contributed by atoms with Gasteiger partial charge in [-0.05, 0) is 6.07 Å². The minimum Gasteiger partial charge on any atom is -0.465 e. The monoisotopic (exact) mass is 127 g/mol. The van der Waals surface area contributed by atoms with Gasteiger partial charge in [0.2, 0.25) is 0 Å². The maximum absolute atomic E-state index is 5.45. The molecule has 50 valence electrons. The fourth-order valence-electron chi connectivity index (χ4n) is 0.599. The Labute approximate surface area is 53.4 Å². The largest absolute Gasteiger partial charge is 0.465 e. The van der Waals surface area contributed by atoms with Gasteiger partial charge < -0.3 is 14.9 Å². The summed E-state index contributed by atoms with van der Waals surface area (Å²) >= 11 is 0. The maximum Gasteiger partial charge on any atom is 0.152 e. The number of rotatable bonds is 2. The third-order valence-corrected chi connectivity index (χ3v) is 1.06. The molecule has 2 N–H and O–H groups in total. The number of nitrogen functional groups attached to an aromatic ring is 1. The van der Waals surface area contributed by atoms with E-state index in [1.165, 1.54) is 0 Å². The van der Waals surface area contributed by atoms with E-state index in [2.05, 4.69) is 0 Å². The van der Waals surface area contributed by atoms with Crippen LogP contribution in [0.3, 0.4) is 0 Å². The van der Waals surface area contributed by atoms with E-state index in [-0.39, 0.29) is 0 Å². The molecule has 1 heterocycles. The van der Waals surface area contributed by atoms with Crippen molar-refractivity contribution in [3.8, 4) is 0 Å². The van der Waals surface area contributed by atoms with Crippen LogP contribution in [0, 0.1) is 0 Å². The fraction of sp³-hybridized carbons (Fsp3) is 0.333. The summed E-state index contributed by atoms with van der Waals surface area (Å²) in [5.41, 5.74) is 6.10. The highest BCUT2D eigenvalue weighted by molar-refractivity contribution is 5.39. The molecule has 0 atom stereocenters. The predicted octanol–water partition coefficient (Wildman–Crippen LogP) is 1.01. The van der Waals surface area contributed by atoms with E-state index in [1.807, 2.05) is 0 Å². The first-order valence-electron chi connectivity index (χ1n) is 2.65. The van der Waals surface area contributed by atoms with E-state index in [0.717, 1.165) is 0 Å². The zero-order chi connectivity index (χ0) is 6.69. The van der Waals surface area contributed by atoms with Crippen LogP contribution in [-0.4, -0.2) is 7.11 Å². The molecule has 0 saturated heterocycles. The average Bonchev–Trinajstić information content (AvgIpc) is 2.18. The lowest BCUT2D eigenvalue weighted by Crippen LogP contribution is -1.90. The van der Waals surface area contributed by atoms with Crippen molar-refractivity contribution in [3.63, 3.8) is 0 Å². The van der Waals surface area contributed by atoms with Crippen molar-refractivity contribution in [1.29, 1.82) is 0 Å². The number of methoxy groups -OCH3 is 1. The molecule has 3 nitrogen and oxygen atoms in total. The van der Waals surface area contributed by atoms with Gasteiger partial charge in [0.1, 0.15) is 6.61 Å². The van der Waals surface area contributed by atoms with E-state index in [9.17, 15) is 0 Å². The zero-order valence-corrected chi connectivity index (χ0v) is 5.26. The van der Waals surface area contributed by atoms with Crippen molar-refractivity contribution in [1.82, 2.24) is 0 Å². The summed E-state index contributed by atoms with van der Waals surface area (Å²) in [6.45, 7) is 0.443. The second-order valence-electron chi connectivity index (χ2n) is 1.73. The molecule has 0 aliphatic rings.